The molecule has 6 nitrogen and oxygen atoms in total. The third-order valence-electron chi connectivity index (χ3n) is 4.27. The van der Waals surface area contributed by atoms with E-state index in [4.69, 9.17) is 11.6 Å². The number of sulfonamides is 1. The van der Waals surface area contributed by atoms with E-state index in [2.05, 4.69) is 15.6 Å². The fraction of sp³-hybridized carbons (Fsp3) is 0.562. The van der Waals surface area contributed by atoms with E-state index >= 15 is 0 Å². The second kappa shape index (κ2) is 10.8. The van der Waals surface area contributed by atoms with Gasteiger partial charge in [-0.25, -0.2) is 8.42 Å². The molecule has 0 spiro atoms. The Balaban J connectivity index is 0.00000392. The zero-order chi connectivity index (χ0) is 20.1. The van der Waals surface area contributed by atoms with Gasteiger partial charge in [-0.1, -0.05) is 23.7 Å². The van der Waals surface area contributed by atoms with Crippen molar-refractivity contribution in [3.8, 4) is 0 Å². The van der Waals surface area contributed by atoms with Crippen molar-refractivity contribution in [2.24, 2.45) is 4.99 Å². The van der Waals surface area contributed by atoms with Crippen LogP contribution in [0.4, 0.5) is 13.2 Å². The van der Waals surface area contributed by atoms with Crippen LogP contribution in [0.15, 0.2) is 29.3 Å². The van der Waals surface area contributed by atoms with Crippen LogP contribution in [0.25, 0.3) is 0 Å². The summed E-state index contributed by atoms with van der Waals surface area (Å²) in [6.07, 6.45) is 1.29. The van der Waals surface area contributed by atoms with Gasteiger partial charge in [0.1, 0.15) is 0 Å². The van der Waals surface area contributed by atoms with Gasteiger partial charge >= 0.3 is 15.5 Å². The van der Waals surface area contributed by atoms with Crippen molar-refractivity contribution in [1.82, 2.24) is 14.9 Å². The highest BCUT2D eigenvalue weighted by Gasteiger charge is 2.50. The van der Waals surface area contributed by atoms with Crippen LogP contribution in [0.1, 0.15) is 18.4 Å². The van der Waals surface area contributed by atoms with E-state index in [0.29, 0.717) is 21.8 Å². The average Bonchev–Trinajstić information content (AvgIpc) is 2.62. The van der Waals surface area contributed by atoms with Crippen molar-refractivity contribution >= 4 is 51.6 Å². The molecule has 1 aromatic rings. The van der Waals surface area contributed by atoms with E-state index in [-0.39, 0.29) is 55.9 Å². The summed E-state index contributed by atoms with van der Waals surface area (Å²) in [7, 11) is -3.66. The standard InChI is InChI=1S/C16H22ClF3N4O2S.HI/c1-21-15(22-9-6-12-2-4-13(17)5-3-12)23-14-7-10-24(11-8-14)27(25,26)16(18,19)20;/h2-5,14H,6-11H2,1H3,(H2,21,22,23);1H. The number of nitrogens with zero attached hydrogens (tertiary/aromatic N) is 2. The molecule has 12 heteroatoms. The van der Waals surface area contributed by atoms with Gasteiger partial charge in [-0.05, 0) is 37.0 Å². The van der Waals surface area contributed by atoms with E-state index in [1.54, 1.807) is 7.05 Å². The fourth-order valence-electron chi connectivity index (χ4n) is 2.75. The summed E-state index contributed by atoms with van der Waals surface area (Å²) in [4.78, 5) is 4.10. The van der Waals surface area contributed by atoms with Crippen molar-refractivity contribution in [2.45, 2.75) is 30.8 Å². The smallest absolute Gasteiger partial charge is 0.356 e. The summed E-state index contributed by atoms with van der Waals surface area (Å²) in [5.74, 6) is 0.529. The van der Waals surface area contributed by atoms with Gasteiger partial charge in [0, 0.05) is 37.7 Å². The Morgan fingerprint density at radius 3 is 2.32 bits per heavy atom. The summed E-state index contributed by atoms with van der Waals surface area (Å²) in [5.41, 5.74) is -4.15. The Kier molecular flexibility index (Phi) is 9.77. The summed E-state index contributed by atoms with van der Waals surface area (Å²) in [5, 5.41) is 6.94. The van der Waals surface area contributed by atoms with Crippen molar-refractivity contribution in [3.05, 3.63) is 34.9 Å². The third-order valence-corrected chi connectivity index (χ3v) is 6.15. The predicted molar refractivity (Wildman–Crippen MR) is 115 cm³/mol. The van der Waals surface area contributed by atoms with E-state index in [0.717, 1.165) is 12.0 Å². The van der Waals surface area contributed by atoms with Gasteiger partial charge in [0.05, 0.1) is 0 Å². The number of hydrogen-bond acceptors (Lipinski definition) is 3. The summed E-state index contributed by atoms with van der Waals surface area (Å²) in [6, 6.07) is 7.33. The van der Waals surface area contributed by atoms with Crippen LogP contribution in [-0.2, 0) is 16.4 Å². The van der Waals surface area contributed by atoms with E-state index < -0.39 is 15.5 Å². The molecule has 0 amide bonds. The lowest BCUT2D eigenvalue weighted by atomic mass is 10.1. The van der Waals surface area contributed by atoms with Gasteiger partial charge in [-0.3, -0.25) is 4.99 Å². The summed E-state index contributed by atoms with van der Waals surface area (Å²) in [6.45, 7) is 0.255. The maximum Gasteiger partial charge on any atom is 0.511 e. The Labute approximate surface area is 185 Å². The Bertz CT molecular complexity index is 752. The number of aliphatic imine (C=N–C) groups is 1. The number of alkyl halides is 3. The SMILES string of the molecule is CN=C(NCCc1ccc(Cl)cc1)NC1CCN(S(=O)(=O)C(F)(F)F)CC1.I. The largest absolute Gasteiger partial charge is 0.511 e. The van der Waals surface area contributed by atoms with Gasteiger partial charge in [-0.2, -0.15) is 17.5 Å². The molecule has 2 rings (SSSR count). The zero-order valence-electron chi connectivity index (χ0n) is 15.2. The van der Waals surface area contributed by atoms with E-state index in [1.165, 1.54) is 0 Å². The first kappa shape index (κ1) is 25.2. The fourth-order valence-corrected chi connectivity index (χ4v) is 3.86. The van der Waals surface area contributed by atoms with Gasteiger partial charge in [-0.15, -0.1) is 24.0 Å². The number of hydrogen-bond donors (Lipinski definition) is 2. The lowest BCUT2D eigenvalue weighted by Gasteiger charge is -2.32. The molecule has 0 bridgehead atoms. The predicted octanol–water partition coefficient (Wildman–Crippen LogP) is 2.98. The molecule has 1 heterocycles. The zero-order valence-corrected chi connectivity index (χ0v) is 19.1. The Morgan fingerprint density at radius 1 is 1.25 bits per heavy atom. The molecule has 0 unspecified atom stereocenters. The number of halogens is 5. The molecular formula is C16H23ClF3IN4O2S. The van der Waals surface area contributed by atoms with Crippen molar-refractivity contribution in [2.75, 3.05) is 26.7 Å². The molecule has 1 aromatic carbocycles. The van der Waals surface area contributed by atoms with Crippen molar-refractivity contribution in [3.63, 3.8) is 0 Å². The molecule has 1 fully saturated rings. The van der Waals surface area contributed by atoms with E-state index in [1.807, 2.05) is 24.3 Å². The molecule has 28 heavy (non-hydrogen) atoms. The minimum Gasteiger partial charge on any atom is -0.356 e. The molecule has 2 N–H and O–H groups in total. The van der Waals surface area contributed by atoms with Gasteiger partial charge in [0.15, 0.2) is 5.96 Å². The quantitative estimate of drug-likeness (QED) is 0.334. The second-order valence-electron chi connectivity index (χ2n) is 6.14. The number of benzene rings is 1. The molecule has 0 atom stereocenters. The number of rotatable bonds is 5. The Morgan fingerprint density at radius 2 is 1.82 bits per heavy atom. The van der Waals surface area contributed by atoms with Gasteiger partial charge < -0.3 is 10.6 Å². The van der Waals surface area contributed by atoms with Crippen molar-refractivity contribution < 1.29 is 21.6 Å². The molecule has 1 aliphatic rings. The van der Waals surface area contributed by atoms with Crippen LogP contribution >= 0.6 is 35.6 Å². The topological polar surface area (TPSA) is 73.8 Å². The van der Waals surface area contributed by atoms with Crippen LogP contribution in [-0.4, -0.2) is 56.9 Å². The maximum absolute atomic E-state index is 12.6. The average molecular weight is 555 g/mol. The van der Waals surface area contributed by atoms with E-state index in [9.17, 15) is 21.6 Å². The minimum atomic E-state index is -5.26. The highest BCUT2D eigenvalue weighted by atomic mass is 127. The normalized spacial score (nSPS) is 17.1. The van der Waals surface area contributed by atoms with Gasteiger partial charge in [0.2, 0.25) is 0 Å². The third kappa shape index (κ3) is 6.92. The minimum absolute atomic E-state index is 0. The molecule has 1 aliphatic heterocycles. The number of piperidine rings is 1. The van der Waals surface area contributed by atoms with Crippen LogP contribution in [0, 0.1) is 0 Å². The Hall–Kier alpha value is -0.790. The van der Waals surface area contributed by atoms with Gasteiger partial charge in [0.25, 0.3) is 0 Å². The molecule has 0 aromatic heterocycles. The molecule has 1 saturated heterocycles. The van der Waals surface area contributed by atoms with Crippen LogP contribution < -0.4 is 10.6 Å². The highest BCUT2D eigenvalue weighted by molar-refractivity contribution is 14.0. The summed E-state index contributed by atoms with van der Waals surface area (Å²) < 4.78 is 61.1. The highest BCUT2D eigenvalue weighted by Crippen LogP contribution is 2.28. The first-order valence-corrected chi connectivity index (χ1v) is 10.2. The molecule has 0 saturated carbocycles. The lowest BCUT2D eigenvalue weighted by molar-refractivity contribution is -0.0494. The number of guanidine groups is 1. The molecular weight excluding hydrogens is 532 g/mol. The monoisotopic (exact) mass is 554 g/mol. The maximum atomic E-state index is 12.6. The van der Waals surface area contributed by atoms with Crippen LogP contribution in [0.2, 0.25) is 5.02 Å². The van der Waals surface area contributed by atoms with Crippen molar-refractivity contribution in [1.29, 1.82) is 0 Å². The second-order valence-corrected chi connectivity index (χ2v) is 8.51. The van der Waals surface area contributed by atoms with Crippen LogP contribution in [0.3, 0.4) is 0 Å². The lowest BCUT2D eigenvalue weighted by Crippen LogP contribution is -2.51. The van der Waals surface area contributed by atoms with Crippen LogP contribution in [0.5, 0.6) is 0 Å². The molecule has 0 aliphatic carbocycles. The first-order chi connectivity index (χ1) is 12.6. The summed E-state index contributed by atoms with van der Waals surface area (Å²) >= 11 is 5.84. The first-order valence-electron chi connectivity index (χ1n) is 8.41. The molecule has 0 radical (unpaired) electrons. The number of nitrogens with one attached hydrogen (secondary N) is 2. The molecule has 160 valence electrons.